The summed E-state index contributed by atoms with van der Waals surface area (Å²) in [5.74, 6) is 0. The summed E-state index contributed by atoms with van der Waals surface area (Å²) in [6.45, 7) is 0. The van der Waals surface area contributed by atoms with Crippen LogP contribution in [0.15, 0.2) is 18.2 Å². The van der Waals surface area contributed by atoms with Crippen LogP contribution in [0.25, 0.3) is 0 Å². The molecular formula is C11H12Cl2F3N. The van der Waals surface area contributed by atoms with Crippen LogP contribution in [0.5, 0.6) is 0 Å². The van der Waals surface area contributed by atoms with Gasteiger partial charge in [0.15, 0.2) is 0 Å². The van der Waals surface area contributed by atoms with Crippen LogP contribution in [-0.4, -0.2) is 12.2 Å². The van der Waals surface area contributed by atoms with Gasteiger partial charge in [-0.2, -0.15) is 13.2 Å². The van der Waals surface area contributed by atoms with Crippen LogP contribution < -0.4 is 5.73 Å². The van der Waals surface area contributed by atoms with Crippen LogP contribution in [0, 0.1) is 0 Å². The van der Waals surface area contributed by atoms with Crippen molar-refractivity contribution in [1.82, 2.24) is 0 Å². The predicted molar refractivity (Wildman–Crippen MR) is 63.4 cm³/mol. The molecule has 0 aromatic heterocycles. The van der Waals surface area contributed by atoms with Crippen molar-refractivity contribution in [3.63, 3.8) is 0 Å². The van der Waals surface area contributed by atoms with E-state index in [-0.39, 0.29) is 6.42 Å². The zero-order chi connectivity index (χ0) is 13.1. The Morgan fingerprint density at radius 1 is 1.24 bits per heavy atom. The summed E-state index contributed by atoms with van der Waals surface area (Å²) in [5.41, 5.74) is 6.34. The summed E-state index contributed by atoms with van der Waals surface area (Å²) >= 11 is 11.6. The molecule has 0 saturated heterocycles. The van der Waals surface area contributed by atoms with E-state index in [0.29, 0.717) is 22.0 Å². The number of alkyl halides is 3. The molecule has 1 nitrogen and oxygen atoms in total. The first-order valence-electron chi connectivity index (χ1n) is 5.04. The highest BCUT2D eigenvalue weighted by molar-refractivity contribution is 6.35. The summed E-state index contributed by atoms with van der Waals surface area (Å²) in [4.78, 5) is 0. The molecule has 1 atom stereocenters. The Labute approximate surface area is 108 Å². The van der Waals surface area contributed by atoms with Crippen LogP contribution in [-0.2, 0) is 6.42 Å². The minimum absolute atomic E-state index is 0.109. The molecule has 0 aliphatic heterocycles. The first kappa shape index (κ1) is 14.6. The van der Waals surface area contributed by atoms with Gasteiger partial charge in [0.05, 0.1) is 0 Å². The van der Waals surface area contributed by atoms with Gasteiger partial charge in [-0.05, 0) is 30.5 Å². The monoisotopic (exact) mass is 285 g/mol. The van der Waals surface area contributed by atoms with Gasteiger partial charge in [-0.3, -0.25) is 0 Å². The lowest BCUT2D eigenvalue weighted by molar-refractivity contribution is -0.136. The topological polar surface area (TPSA) is 26.0 Å². The molecule has 1 aromatic rings. The van der Waals surface area contributed by atoms with Crippen molar-refractivity contribution in [2.75, 3.05) is 0 Å². The predicted octanol–water partition coefficient (Wildman–Crippen LogP) is 4.21. The maximum Gasteiger partial charge on any atom is 0.389 e. The summed E-state index contributed by atoms with van der Waals surface area (Å²) in [5, 5.41) is 0.919. The maximum absolute atomic E-state index is 12.0. The fourth-order valence-electron chi connectivity index (χ4n) is 1.42. The number of hydrogen-bond donors (Lipinski definition) is 1. The van der Waals surface area contributed by atoms with E-state index in [2.05, 4.69) is 0 Å². The van der Waals surface area contributed by atoms with Crippen LogP contribution >= 0.6 is 23.2 Å². The number of hydrogen-bond acceptors (Lipinski definition) is 1. The quantitative estimate of drug-likeness (QED) is 0.881. The van der Waals surface area contributed by atoms with Gasteiger partial charge in [-0.15, -0.1) is 0 Å². The van der Waals surface area contributed by atoms with Gasteiger partial charge < -0.3 is 5.73 Å². The fraction of sp³-hybridized carbons (Fsp3) is 0.455. The van der Waals surface area contributed by atoms with Crippen LogP contribution in [0.4, 0.5) is 13.2 Å². The summed E-state index contributed by atoms with van der Waals surface area (Å²) in [6.07, 6.45) is -4.84. The van der Waals surface area contributed by atoms with Gasteiger partial charge in [0.1, 0.15) is 0 Å². The SMILES string of the molecule is NC(CCC(F)(F)F)Cc1ccc(Cl)cc1Cl. The van der Waals surface area contributed by atoms with E-state index in [4.69, 9.17) is 28.9 Å². The molecule has 17 heavy (non-hydrogen) atoms. The third-order valence-electron chi connectivity index (χ3n) is 2.30. The Kier molecular flexibility index (Phi) is 5.10. The van der Waals surface area contributed by atoms with E-state index in [1.165, 1.54) is 0 Å². The second-order valence-electron chi connectivity index (χ2n) is 3.85. The molecule has 2 N–H and O–H groups in total. The van der Waals surface area contributed by atoms with E-state index in [9.17, 15) is 13.2 Å². The summed E-state index contributed by atoms with van der Waals surface area (Å²) in [6, 6.07) is 4.31. The molecule has 0 spiro atoms. The molecule has 96 valence electrons. The first-order chi connectivity index (χ1) is 7.78. The molecule has 0 radical (unpaired) electrons. The van der Waals surface area contributed by atoms with Crippen LogP contribution in [0.2, 0.25) is 10.0 Å². The smallest absolute Gasteiger partial charge is 0.327 e. The molecule has 0 fully saturated rings. The first-order valence-corrected chi connectivity index (χ1v) is 5.80. The van der Waals surface area contributed by atoms with E-state index in [1.54, 1.807) is 18.2 Å². The van der Waals surface area contributed by atoms with Crippen molar-refractivity contribution < 1.29 is 13.2 Å². The van der Waals surface area contributed by atoms with E-state index < -0.39 is 18.6 Å². The summed E-state index contributed by atoms with van der Waals surface area (Å²) < 4.78 is 36.0. The molecule has 0 aliphatic rings. The summed E-state index contributed by atoms with van der Waals surface area (Å²) in [7, 11) is 0. The van der Waals surface area contributed by atoms with Crippen LogP contribution in [0.3, 0.4) is 0 Å². The number of benzene rings is 1. The lowest BCUT2D eigenvalue weighted by Crippen LogP contribution is -2.25. The molecule has 0 heterocycles. The molecule has 0 aliphatic carbocycles. The average Bonchev–Trinajstić information content (AvgIpc) is 2.18. The fourth-order valence-corrected chi connectivity index (χ4v) is 1.91. The highest BCUT2D eigenvalue weighted by atomic mass is 35.5. The third-order valence-corrected chi connectivity index (χ3v) is 2.88. The molecule has 1 aromatic carbocycles. The number of rotatable bonds is 4. The highest BCUT2D eigenvalue weighted by Gasteiger charge is 2.27. The second-order valence-corrected chi connectivity index (χ2v) is 4.70. The molecule has 6 heteroatoms. The largest absolute Gasteiger partial charge is 0.389 e. The Morgan fingerprint density at radius 2 is 1.88 bits per heavy atom. The zero-order valence-corrected chi connectivity index (χ0v) is 10.4. The Morgan fingerprint density at radius 3 is 2.41 bits per heavy atom. The van der Waals surface area contributed by atoms with Gasteiger partial charge in [0.2, 0.25) is 0 Å². The van der Waals surface area contributed by atoms with Gasteiger partial charge in [-0.25, -0.2) is 0 Å². The third kappa shape index (κ3) is 5.61. The van der Waals surface area contributed by atoms with Crippen molar-refractivity contribution in [2.24, 2.45) is 5.73 Å². The molecule has 1 rings (SSSR count). The lowest BCUT2D eigenvalue weighted by atomic mass is 10.0. The number of halogens is 5. The molecule has 0 bridgehead atoms. The minimum Gasteiger partial charge on any atom is -0.327 e. The Bertz CT molecular complexity index is 379. The molecular weight excluding hydrogens is 274 g/mol. The van der Waals surface area contributed by atoms with Gasteiger partial charge in [-0.1, -0.05) is 29.3 Å². The van der Waals surface area contributed by atoms with Crippen LogP contribution in [0.1, 0.15) is 18.4 Å². The minimum atomic E-state index is -4.17. The van der Waals surface area contributed by atoms with E-state index >= 15 is 0 Å². The van der Waals surface area contributed by atoms with Gasteiger partial charge >= 0.3 is 6.18 Å². The van der Waals surface area contributed by atoms with Gasteiger partial charge in [0, 0.05) is 22.5 Å². The zero-order valence-electron chi connectivity index (χ0n) is 8.90. The second kappa shape index (κ2) is 5.94. The number of nitrogens with two attached hydrogens (primary N) is 1. The average molecular weight is 286 g/mol. The van der Waals surface area contributed by atoms with Crippen molar-refractivity contribution >= 4 is 23.2 Å². The normalized spacial score (nSPS) is 13.8. The van der Waals surface area contributed by atoms with E-state index in [0.717, 1.165) is 0 Å². The Balaban J connectivity index is 2.53. The van der Waals surface area contributed by atoms with Gasteiger partial charge in [0.25, 0.3) is 0 Å². The van der Waals surface area contributed by atoms with Crippen molar-refractivity contribution in [1.29, 1.82) is 0 Å². The molecule has 0 saturated carbocycles. The molecule has 1 unspecified atom stereocenters. The lowest BCUT2D eigenvalue weighted by Gasteiger charge is -2.14. The van der Waals surface area contributed by atoms with Crippen molar-refractivity contribution in [3.8, 4) is 0 Å². The molecule has 0 amide bonds. The van der Waals surface area contributed by atoms with Crippen molar-refractivity contribution in [2.45, 2.75) is 31.5 Å². The Hall–Kier alpha value is -0.450. The maximum atomic E-state index is 12.0. The van der Waals surface area contributed by atoms with E-state index in [1.807, 2.05) is 0 Å². The van der Waals surface area contributed by atoms with Crippen molar-refractivity contribution in [3.05, 3.63) is 33.8 Å². The highest BCUT2D eigenvalue weighted by Crippen LogP contribution is 2.25. The standard InChI is InChI=1S/C11H12Cl2F3N/c12-8-2-1-7(10(13)6-8)5-9(17)3-4-11(14,15)16/h1-2,6,9H,3-5,17H2.